The molecule has 1 aromatic carbocycles. The Morgan fingerprint density at radius 1 is 1.05 bits per heavy atom. The Labute approximate surface area is 218 Å². The van der Waals surface area contributed by atoms with Crippen LogP contribution in [0, 0.1) is 6.92 Å². The Hall–Kier alpha value is -4.30. The molecular weight excluding hydrogens is 529 g/mol. The van der Waals surface area contributed by atoms with Gasteiger partial charge < -0.3 is 19.1 Å². The molecule has 3 aromatic heterocycles. The van der Waals surface area contributed by atoms with E-state index in [-0.39, 0.29) is 35.5 Å². The van der Waals surface area contributed by atoms with Crippen molar-refractivity contribution in [1.82, 2.24) is 29.7 Å². The van der Waals surface area contributed by atoms with Crippen molar-refractivity contribution < 1.29 is 36.2 Å². The second-order valence-corrected chi connectivity index (χ2v) is 8.82. The van der Waals surface area contributed by atoms with Crippen molar-refractivity contribution in [2.45, 2.75) is 31.7 Å². The minimum atomic E-state index is -4.49. The SMILES string of the molecule is COc1ncc(-c2cc(N3CC(Oc4ccc5cnn(CC(F)(F)F)c5c4)C(F)(F)C3)nc(C)n2)c(OC)n1. The lowest BCUT2D eigenvalue weighted by molar-refractivity contribution is -0.141. The lowest BCUT2D eigenvalue weighted by atomic mass is 10.2. The average molecular weight is 551 g/mol. The zero-order valence-corrected chi connectivity index (χ0v) is 20.9. The third kappa shape index (κ3) is 5.47. The smallest absolute Gasteiger partial charge is 0.408 e. The summed E-state index contributed by atoms with van der Waals surface area (Å²) in [6, 6.07) is 5.76. The highest BCUT2D eigenvalue weighted by molar-refractivity contribution is 5.80. The van der Waals surface area contributed by atoms with Crippen LogP contribution in [0.25, 0.3) is 22.2 Å². The number of benzene rings is 1. The Morgan fingerprint density at radius 2 is 1.85 bits per heavy atom. The van der Waals surface area contributed by atoms with Crippen LogP contribution in [0.5, 0.6) is 17.6 Å². The summed E-state index contributed by atoms with van der Waals surface area (Å²) in [5.41, 5.74) is 0.885. The first-order valence-electron chi connectivity index (χ1n) is 11.6. The highest BCUT2D eigenvalue weighted by Gasteiger charge is 2.50. The normalized spacial score (nSPS) is 17.0. The van der Waals surface area contributed by atoms with Crippen LogP contribution in [-0.2, 0) is 6.54 Å². The van der Waals surface area contributed by atoms with E-state index in [4.69, 9.17) is 14.2 Å². The number of halogens is 5. The van der Waals surface area contributed by atoms with Crippen LogP contribution in [-0.4, -0.2) is 75.2 Å². The summed E-state index contributed by atoms with van der Waals surface area (Å²) in [4.78, 5) is 18.2. The standard InChI is InChI=1S/C24H22F5N7O3/c1-13-32-17(16-9-30-22(38-3)34-21(16)37-2)7-20(33-13)35-10-19(23(25,26)11-35)39-15-5-4-14-8-31-36(18(14)6-15)12-24(27,28)29/h4-9,19H,10-12H2,1-3H3. The van der Waals surface area contributed by atoms with Gasteiger partial charge in [0.2, 0.25) is 5.88 Å². The van der Waals surface area contributed by atoms with Crippen LogP contribution in [0.2, 0.25) is 0 Å². The molecule has 0 amide bonds. The predicted octanol–water partition coefficient (Wildman–Crippen LogP) is 4.07. The van der Waals surface area contributed by atoms with Gasteiger partial charge in [0.15, 0.2) is 6.10 Å². The summed E-state index contributed by atoms with van der Waals surface area (Å²) in [5.74, 6) is -2.57. The van der Waals surface area contributed by atoms with Crippen molar-refractivity contribution >= 4 is 16.7 Å². The van der Waals surface area contributed by atoms with Gasteiger partial charge in [-0.05, 0) is 19.1 Å². The van der Waals surface area contributed by atoms with E-state index in [0.717, 1.165) is 4.68 Å². The zero-order chi connectivity index (χ0) is 27.9. The van der Waals surface area contributed by atoms with Crippen LogP contribution in [0.15, 0.2) is 36.7 Å². The molecule has 10 nitrogen and oxygen atoms in total. The van der Waals surface area contributed by atoms with Gasteiger partial charge in [-0.2, -0.15) is 23.3 Å². The van der Waals surface area contributed by atoms with E-state index in [0.29, 0.717) is 22.5 Å². The Balaban J connectivity index is 1.40. The molecule has 0 spiro atoms. The Morgan fingerprint density at radius 3 is 2.56 bits per heavy atom. The fourth-order valence-corrected chi connectivity index (χ4v) is 4.27. The molecule has 39 heavy (non-hydrogen) atoms. The predicted molar refractivity (Wildman–Crippen MR) is 128 cm³/mol. The number of aromatic nitrogens is 6. The summed E-state index contributed by atoms with van der Waals surface area (Å²) in [5, 5.41) is 4.17. The molecule has 4 aromatic rings. The number of alkyl halides is 5. The third-order valence-corrected chi connectivity index (χ3v) is 6.01. The van der Waals surface area contributed by atoms with Gasteiger partial charge in [-0.3, -0.25) is 4.68 Å². The van der Waals surface area contributed by atoms with Crippen molar-refractivity contribution in [1.29, 1.82) is 0 Å². The lowest BCUT2D eigenvalue weighted by Crippen LogP contribution is -2.36. The van der Waals surface area contributed by atoms with E-state index in [1.165, 1.54) is 55.8 Å². The molecule has 206 valence electrons. The number of ether oxygens (including phenoxy) is 3. The summed E-state index contributed by atoms with van der Waals surface area (Å²) in [7, 11) is 2.82. The van der Waals surface area contributed by atoms with Gasteiger partial charge in [0.05, 0.1) is 50.3 Å². The monoisotopic (exact) mass is 551 g/mol. The first-order valence-corrected chi connectivity index (χ1v) is 11.6. The van der Waals surface area contributed by atoms with Gasteiger partial charge in [0, 0.05) is 23.7 Å². The maximum absolute atomic E-state index is 15.1. The molecule has 0 saturated carbocycles. The van der Waals surface area contributed by atoms with Gasteiger partial charge >= 0.3 is 18.1 Å². The first-order chi connectivity index (χ1) is 18.5. The van der Waals surface area contributed by atoms with E-state index < -0.39 is 31.3 Å². The van der Waals surface area contributed by atoms with Gasteiger partial charge in [0.25, 0.3) is 0 Å². The summed E-state index contributed by atoms with van der Waals surface area (Å²) >= 11 is 0. The molecule has 4 heterocycles. The van der Waals surface area contributed by atoms with Gasteiger partial charge in [-0.1, -0.05) is 0 Å². The number of hydrogen-bond acceptors (Lipinski definition) is 9. The van der Waals surface area contributed by atoms with Crippen molar-refractivity contribution in [3.63, 3.8) is 0 Å². The minimum Gasteiger partial charge on any atom is -0.482 e. The Kier molecular flexibility index (Phi) is 6.60. The number of fused-ring (bicyclic) bond motifs is 1. The molecule has 5 rings (SSSR count). The average Bonchev–Trinajstić information content (AvgIpc) is 3.41. The van der Waals surface area contributed by atoms with Crippen molar-refractivity contribution in [3.8, 4) is 28.9 Å². The fraction of sp³-hybridized carbons (Fsp3) is 0.375. The van der Waals surface area contributed by atoms with Crippen LogP contribution in [0.4, 0.5) is 27.8 Å². The van der Waals surface area contributed by atoms with E-state index in [1.807, 2.05) is 0 Å². The van der Waals surface area contributed by atoms with E-state index in [1.54, 1.807) is 6.92 Å². The number of anilines is 1. The second kappa shape index (κ2) is 9.78. The maximum Gasteiger partial charge on any atom is 0.408 e. The largest absolute Gasteiger partial charge is 0.482 e. The van der Waals surface area contributed by atoms with Gasteiger partial charge in [-0.25, -0.2) is 23.7 Å². The molecule has 1 aliphatic heterocycles. The Bertz CT molecular complexity index is 1510. The van der Waals surface area contributed by atoms with Crippen molar-refractivity contribution in [3.05, 3.63) is 42.5 Å². The summed E-state index contributed by atoms with van der Waals surface area (Å²) in [6.45, 7) is -0.630. The molecule has 1 aliphatic rings. The molecule has 1 unspecified atom stereocenters. The molecule has 1 fully saturated rings. The van der Waals surface area contributed by atoms with Crippen molar-refractivity contribution in [2.24, 2.45) is 0 Å². The van der Waals surface area contributed by atoms with Crippen molar-refractivity contribution in [2.75, 3.05) is 32.2 Å². The van der Waals surface area contributed by atoms with Crippen LogP contribution in [0.1, 0.15) is 5.82 Å². The zero-order valence-electron chi connectivity index (χ0n) is 20.9. The molecule has 1 atom stereocenters. The van der Waals surface area contributed by atoms with E-state index in [2.05, 4.69) is 25.0 Å². The van der Waals surface area contributed by atoms with E-state index in [9.17, 15) is 13.2 Å². The molecule has 0 N–H and O–H groups in total. The number of hydrogen-bond donors (Lipinski definition) is 0. The fourth-order valence-electron chi connectivity index (χ4n) is 4.27. The van der Waals surface area contributed by atoms with Gasteiger partial charge in [-0.15, -0.1) is 0 Å². The second-order valence-electron chi connectivity index (χ2n) is 8.82. The third-order valence-electron chi connectivity index (χ3n) is 6.01. The van der Waals surface area contributed by atoms with E-state index >= 15 is 8.78 Å². The number of rotatable bonds is 7. The van der Waals surface area contributed by atoms with Crippen LogP contribution in [0.3, 0.4) is 0 Å². The number of nitrogens with zero attached hydrogens (tertiary/aromatic N) is 7. The number of methoxy groups -OCH3 is 2. The maximum atomic E-state index is 15.1. The highest BCUT2D eigenvalue weighted by atomic mass is 19.4. The quantitative estimate of drug-likeness (QED) is 0.315. The first kappa shape index (κ1) is 26.3. The molecule has 0 aliphatic carbocycles. The molecule has 0 radical (unpaired) electrons. The minimum absolute atomic E-state index is 0.00220. The molecule has 15 heteroatoms. The van der Waals surface area contributed by atoms with Crippen LogP contribution < -0.4 is 19.1 Å². The van der Waals surface area contributed by atoms with Gasteiger partial charge in [0.1, 0.15) is 23.9 Å². The molecule has 1 saturated heterocycles. The van der Waals surface area contributed by atoms with Crippen LogP contribution >= 0.6 is 0 Å². The topological polar surface area (TPSA) is 100 Å². The molecular formula is C24H22F5N7O3. The molecule has 0 bridgehead atoms. The lowest BCUT2D eigenvalue weighted by Gasteiger charge is -2.19. The summed E-state index contributed by atoms with van der Waals surface area (Å²) < 4.78 is 85.5. The summed E-state index contributed by atoms with van der Waals surface area (Å²) in [6.07, 6.45) is -3.37. The number of aryl methyl sites for hydroxylation is 1. The highest BCUT2D eigenvalue weighted by Crippen LogP contribution is 2.36.